The van der Waals surface area contributed by atoms with E-state index in [2.05, 4.69) is 5.32 Å². The quantitative estimate of drug-likeness (QED) is 0.636. The van der Waals surface area contributed by atoms with Gasteiger partial charge in [-0.3, -0.25) is 0 Å². The lowest BCUT2D eigenvalue weighted by molar-refractivity contribution is -0.0163. The predicted octanol–water partition coefficient (Wildman–Crippen LogP) is 5.50. The number of carbonyl (C=O) groups excluding carboxylic acids is 1. The third kappa shape index (κ3) is 3.97. The molecule has 0 saturated carbocycles. The summed E-state index contributed by atoms with van der Waals surface area (Å²) >= 11 is 6.08. The molecule has 1 amide bonds. The molecule has 0 bridgehead atoms. The Labute approximate surface area is 169 Å². The summed E-state index contributed by atoms with van der Waals surface area (Å²) in [5.41, 5.74) is 5.12. The highest BCUT2D eigenvalue weighted by molar-refractivity contribution is 6.30. The molecule has 4 nitrogen and oxygen atoms in total. The van der Waals surface area contributed by atoms with E-state index >= 15 is 0 Å². The smallest absolute Gasteiger partial charge is 0.410 e. The fraction of sp³-hybridized carbons (Fsp3) is 0.174. The number of carbonyl (C=O) groups is 1. The van der Waals surface area contributed by atoms with Crippen LogP contribution in [0.2, 0.25) is 5.02 Å². The van der Waals surface area contributed by atoms with Gasteiger partial charge in [0.05, 0.1) is 6.42 Å². The maximum atomic E-state index is 12.1. The van der Waals surface area contributed by atoms with E-state index < -0.39 is 12.4 Å². The number of halogens is 1. The van der Waals surface area contributed by atoms with Gasteiger partial charge in [0.2, 0.25) is 6.29 Å². The molecule has 1 aliphatic rings. The molecule has 5 heteroatoms. The van der Waals surface area contributed by atoms with Gasteiger partial charge in [0.15, 0.2) is 0 Å². The van der Waals surface area contributed by atoms with Crippen molar-refractivity contribution >= 4 is 17.7 Å². The van der Waals surface area contributed by atoms with Gasteiger partial charge in [0.1, 0.15) is 5.75 Å². The van der Waals surface area contributed by atoms with Crippen molar-refractivity contribution in [3.8, 4) is 16.9 Å². The number of nitrogens with one attached hydrogen (secondary N) is 1. The van der Waals surface area contributed by atoms with Gasteiger partial charge < -0.3 is 14.8 Å². The SMILES string of the molecule is Cc1cc(Cl)ccc1-c1cccc2c1OC(OC(=O)NCc1ccccc1)C2. The number of hydrogen-bond acceptors (Lipinski definition) is 3. The molecule has 0 saturated heterocycles. The van der Waals surface area contributed by atoms with Gasteiger partial charge in [-0.05, 0) is 35.7 Å². The van der Waals surface area contributed by atoms with Crippen molar-refractivity contribution in [1.29, 1.82) is 0 Å². The first kappa shape index (κ1) is 18.4. The Morgan fingerprint density at radius 1 is 1.11 bits per heavy atom. The molecule has 4 rings (SSSR count). The summed E-state index contributed by atoms with van der Waals surface area (Å²) in [4.78, 5) is 12.1. The highest BCUT2D eigenvalue weighted by atomic mass is 35.5. The van der Waals surface area contributed by atoms with Crippen LogP contribution in [0, 0.1) is 6.92 Å². The van der Waals surface area contributed by atoms with E-state index in [1.54, 1.807) is 0 Å². The summed E-state index contributed by atoms with van der Waals surface area (Å²) in [6, 6.07) is 21.5. The molecule has 3 aromatic carbocycles. The first-order valence-corrected chi connectivity index (χ1v) is 9.51. The van der Waals surface area contributed by atoms with Crippen LogP contribution in [0.5, 0.6) is 5.75 Å². The van der Waals surface area contributed by atoms with E-state index in [1.807, 2.05) is 73.7 Å². The van der Waals surface area contributed by atoms with E-state index in [0.29, 0.717) is 18.0 Å². The van der Waals surface area contributed by atoms with Crippen molar-refractivity contribution in [2.45, 2.75) is 26.2 Å². The molecule has 0 fully saturated rings. The van der Waals surface area contributed by atoms with Gasteiger partial charge in [-0.2, -0.15) is 0 Å². The Morgan fingerprint density at radius 2 is 1.93 bits per heavy atom. The van der Waals surface area contributed by atoms with Gasteiger partial charge in [-0.1, -0.05) is 66.2 Å². The maximum Gasteiger partial charge on any atom is 0.410 e. The van der Waals surface area contributed by atoms with E-state index in [0.717, 1.165) is 33.6 Å². The zero-order chi connectivity index (χ0) is 19.5. The first-order valence-electron chi connectivity index (χ1n) is 9.13. The molecule has 0 radical (unpaired) electrons. The van der Waals surface area contributed by atoms with Crippen LogP contribution >= 0.6 is 11.6 Å². The number of hydrogen-bond donors (Lipinski definition) is 1. The van der Waals surface area contributed by atoms with Crippen LogP contribution in [-0.2, 0) is 17.7 Å². The molecular formula is C23H20ClNO3. The Kier molecular flexibility index (Phi) is 5.22. The molecular weight excluding hydrogens is 374 g/mol. The Bertz CT molecular complexity index is 1000. The van der Waals surface area contributed by atoms with E-state index in [4.69, 9.17) is 21.1 Å². The van der Waals surface area contributed by atoms with Gasteiger partial charge >= 0.3 is 6.09 Å². The fourth-order valence-electron chi connectivity index (χ4n) is 3.38. The minimum atomic E-state index is -0.639. The monoisotopic (exact) mass is 393 g/mol. The van der Waals surface area contributed by atoms with Crippen molar-refractivity contribution in [2.75, 3.05) is 0 Å². The minimum Gasteiger partial charge on any atom is -0.453 e. The molecule has 0 aliphatic carbocycles. The molecule has 1 heterocycles. The standard InChI is InChI=1S/C23H20ClNO3/c1-15-12-18(24)10-11-19(15)20-9-5-8-17-13-21(27-22(17)20)28-23(26)25-14-16-6-3-2-4-7-16/h2-12,21H,13-14H2,1H3,(H,25,26). The van der Waals surface area contributed by atoms with E-state index in [9.17, 15) is 4.79 Å². The van der Waals surface area contributed by atoms with Crippen molar-refractivity contribution < 1.29 is 14.3 Å². The minimum absolute atomic E-state index is 0.411. The third-order valence-electron chi connectivity index (χ3n) is 4.73. The Balaban J connectivity index is 1.44. The summed E-state index contributed by atoms with van der Waals surface area (Å²) < 4.78 is 11.4. The number of para-hydroxylation sites is 1. The molecule has 28 heavy (non-hydrogen) atoms. The average Bonchev–Trinajstić information content (AvgIpc) is 3.10. The molecule has 0 spiro atoms. The van der Waals surface area contributed by atoms with Gasteiger partial charge in [0.25, 0.3) is 0 Å². The van der Waals surface area contributed by atoms with E-state index in [-0.39, 0.29) is 0 Å². The van der Waals surface area contributed by atoms with Gasteiger partial charge in [0, 0.05) is 22.7 Å². The number of aryl methyl sites for hydroxylation is 1. The molecule has 3 aromatic rings. The lowest BCUT2D eigenvalue weighted by Gasteiger charge is -2.15. The maximum absolute atomic E-state index is 12.1. The lowest BCUT2D eigenvalue weighted by Crippen LogP contribution is -2.30. The van der Waals surface area contributed by atoms with Crippen LogP contribution in [0.4, 0.5) is 4.79 Å². The number of benzene rings is 3. The van der Waals surface area contributed by atoms with Crippen molar-refractivity contribution in [1.82, 2.24) is 5.32 Å². The summed E-state index contributed by atoms with van der Waals surface area (Å²) in [6.07, 6.45) is -0.611. The second kappa shape index (κ2) is 7.95. The summed E-state index contributed by atoms with van der Waals surface area (Å²) in [6.45, 7) is 2.43. The van der Waals surface area contributed by atoms with Crippen LogP contribution < -0.4 is 10.1 Å². The highest BCUT2D eigenvalue weighted by Gasteiger charge is 2.28. The second-order valence-corrected chi connectivity index (χ2v) is 7.19. The summed E-state index contributed by atoms with van der Waals surface area (Å²) in [5, 5.41) is 3.46. The number of rotatable bonds is 4. The van der Waals surface area contributed by atoms with Crippen LogP contribution in [0.3, 0.4) is 0 Å². The Morgan fingerprint density at radius 3 is 2.71 bits per heavy atom. The zero-order valence-electron chi connectivity index (χ0n) is 15.4. The Hall–Kier alpha value is -2.98. The third-order valence-corrected chi connectivity index (χ3v) is 4.96. The van der Waals surface area contributed by atoms with Crippen LogP contribution in [0.1, 0.15) is 16.7 Å². The number of fused-ring (bicyclic) bond motifs is 1. The summed E-state index contributed by atoms with van der Waals surface area (Å²) in [5.74, 6) is 0.758. The number of ether oxygens (including phenoxy) is 2. The largest absolute Gasteiger partial charge is 0.453 e. The van der Waals surface area contributed by atoms with Crippen LogP contribution in [0.25, 0.3) is 11.1 Å². The molecule has 1 unspecified atom stereocenters. The van der Waals surface area contributed by atoms with Gasteiger partial charge in [-0.15, -0.1) is 0 Å². The predicted molar refractivity (Wildman–Crippen MR) is 110 cm³/mol. The average molecular weight is 394 g/mol. The molecule has 142 valence electrons. The van der Waals surface area contributed by atoms with Crippen LogP contribution in [-0.4, -0.2) is 12.4 Å². The molecule has 0 aromatic heterocycles. The lowest BCUT2D eigenvalue weighted by atomic mass is 9.97. The molecule has 1 atom stereocenters. The van der Waals surface area contributed by atoms with Crippen molar-refractivity contribution in [3.63, 3.8) is 0 Å². The summed E-state index contributed by atoms with van der Waals surface area (Å²) in [7, 11) is 0. The molecule has 1 aliphatic heterocycles. The highest BCUT2D eigenvalue weighted by Crippen LogP contribution is 2.40. The molecule has 1 N–H and O–H groups in total. The number of amides is 1. The van der Waals surface area contributed by atoms with Crippen molar-refractivity contribution in [2.24, 2.45) is 0 Å². The normalized spacial score (nSPS) is 14.9. The van der Waals surface area contributed by atoms with Gasteiger partial charge in [-0.25, -0.2) is 4.79 Å². The van der Waals surface area contributed by atoms with E-state index in [1.165, 1.54) is 0 Å². The van der Waals surface area contributed by atoms with Crippen molar-refractivity contribution in [3.05, 3.63) is 88.4 Å². The topological polar surface area (TPSA) is 47.6 Å². The fourth-order valence-corrected chi connectivity index (χ4v) is 3.60. The van der Waals surface area contributed by atoms with Crippen LogP contribution in [0.15, 0.2) is 66.7 Å². The zero-order valence-corrected chi connectivity index (χ0v) is 16.2. The second-order valence-electron chi connectivity index (χ2n) is 6.75. The number of alkyl carbamates (subject to hydrolysis) is 1. The first-order chi connectivity index (χ1) is 13.6.